The Morgan fingerprint density at radius 3 is 2.44 bits per heavy atom. The van der Waals surface area contributed by atoms with E-state index in [9.17, 15) is 9.18 Å². The highest BCUT2D eigenvalue weighted by molar-refractivity contribution is 5.91. The third-order valence-corrected chi connectivity index (χ3v) is 3.40. The van der Waals surface area contributed by atoms with Gasteiger partial charge < -0.3 is 4.79 Å². The normalized spacial score (nSPS) is 17.3. The number of rotatable bonds is 2. The standard InChI is InChI=1S/C14H11FO/c15-12-6-2-4-10-3-1-5-11(13(10)12)14(9-16)7-8-14/h1-6,9H,7-8H2. The van der Waals surface area contributed by atoms with E-state index >= 15 is 0 Å². The topological polar surface area (TPSA) is 17.1 Å². The summed E-state index contributed by atoms with van der Waals surface area (Å²) in [6.45, 7) is 0. The van der Waals surface area contributed by atoms with Crippen LogP contribution in [0.1, 0.15) is 18.4 Å². The Morgan fingerprint density at radius 2 is 1.81 bits per heavy atom. The van der Waals surface area contributed by atoms with Crippen LogP contribution in [0.5, 0.6) is 0 Å². The van der Waals surface area contributed by atoms with E-state index in [0.29, 0.717) is 5.39 Å². The second kappa shape index (κ2) is 3.14. The van der Waals surface area contributed by atoms with Crippen LogP contribution in [0.15, 0.2) is 36.4 Å². The number of halogens is 1. The molecule has 0 aromatic heterocycles. The smallest absolute Gasteiger partial charge is 0.131 e. The summed E-state index contributed by atoms with van der Waals surface area (Å²) in [5.41, 5.74) is 0.430. The molecular formula is C14H11FO. The van der Waals surface area contributed by atoms with E-state index in [1.807, 2.05) is 24.3 Å². The summed E-state index contributed by atoms with van der Waals surface area (Å²) in [7, 11) is 0. The van der Waals surface area contributed by atoms with Gasteiger partial charge in [0.15, 0.2) is 0 Å². The predicted molar refractivity (Wildman–Crippen MR) is 60.9 cm³/mol. The van der Waals surface area contributed by atoms with Gasteiger partial charge in [-0.15, -0.1) is 0 Å². The number of aldehydes is 1. The highest BCUT2D eigenvalue weighted by Crippen LogP contribution is 2.48. The van der Waals surface area contributed by atoms with E-state index in [2.05, 4.69) is 0 Å². The molecule has 2 aromatic rings. The van der Waals surface area contributed by atoms with Crippen molar-refractivity contribution in [2.45, 2.75) is 18.3 Å². The average molecular weight is 214 g/mol. The van der Waals surface area contributed by atoms with Crippen molar-refractivity contribution in [1.29, 1.82) is 0 Å². The van der Waals surface area contributed by atoms with Gasteiger partial charge in [0.25, 0.3) is 0 Å². The molecule has 0 N–H and O–H groups in total. The highest BCUT2D eigenvalue weighted by Gasteiger charge is 2.45. The number of carbonyl (C=O) groups is 1. The van der Waals surface area contributed by atoms with Crippen molar-refractivity contribution in [3.05, 3.63) is 47.8 Å². The molecule has 0 aliphatic heterocycles. The Kier molecular flexibility index (Phi) is 1.87. The number of fused-ring (bicyclic) bond motifs is 1. The molecule has 1 fully saturated rings. The van der Waals surface area contributed by atoms with Crippen LogP contribution in [0.25, 0.3) is 10.8 Å². The summed E-state index contributed by atoms with van der Waals surface area (Å²) in [5, 5.41) is 1.47. The van der Waals surface area contributed by atoms with Gasteiger partial charge >= 0.3 is 0 Å². The lowest BCUT2D eigenvalue weighted by Gasteiger charge is -2.11. The van der Waals surface area contributed by atoms with Crippen molar-refractivity contribution in [2.24, 2.45) is 0 Å². The molecule has 0 unspecified atom stereocenters. The van der Waals surface area contributed by atoms with E-state index < -0.39 is 5.41 Å². The molecule has 1 saturated carbocycles. The van der Waals surface area contributed by atoms with Crippen molar-refractivity contribution < 1.29 is 9.18 Å². The number of hydrogen-bond donors (Lipinski definition) is 0. The minimum absolute atomic E-state index is 0.235. The first-order chi connectivity index (χ1) is 7.77. The first kappa shape index (κ1) is 9.52. The fourth-order valence-electron chi connectivity index (χ4n) is 2.30. The van der Waals surface area contributed by atoms with Crippen molar-refractivity contribution in [2.75, 3.05) is 0 Å². The summed E-state index contributed by atoms with van der Waals surface area (Å²) in [6, 6.07) is 10.7. The summed E-state index contributed by atoms with van der Waals surface area (Å²) >= 11 is 0. The van der Waals surface area contributed by atoms with Crippen LogP contribution in [0.4, 0.5) is 4.39 Å². The third-order valence-electron chi connectivity index (χ3n) is 3.40. The maximum Gasteiger partial charge on any atom is 0.131 e. The molecule has 80 valence electrons. The molecule has 1 nitrogen and oxygen atoms in total. The number of carbonyl (C=O) groups excluding carboxylic acids is 1. The summed E-state index contributed by atoms with van der Waals surface area (Å²) in [5.74, 6) is -0.235. The molecule has 0 atom stereocenters. The van der Waals surface area contributed by atoms with Gasteiger partial charge in [0.2, 0.25) is 0 Å². The zero-order chi connectivity index (χ0) is 11.2. The lowest BCUT2D eigenvalue weighted by atomic mass is 9.92. The number of hydrogen-bond acceptors (Lipinski definition) is 1. The fraction of sp³-hybridized carbons (Fsp3) is 0.214. The first-order valence-corrected chi connectivity index (χ1v) is 5.41. The molecule has 0 bridgehead atoms. The Bertz CT molecular complexity index is 565. The highest BCUT2D eigenvalue weighted by atomic mass is 19.1. The van der Waals surface area contributed by atoms with Crippen LogP contribution < -0.4 is 0 Å². The summed E-state index contributed by atoms with van der Waals surface area (Å²) in [4.78, 5) is 11.1. The molecule has 0 spiro atoms. The lowest BCUT2D eigenvalue weighted by molar-refractivity contribution is -0.109. The van der Waals surface area contributed by atoms with Gasteiger partial charge in [-0.05, 0) is 29.9 Å². The zero-order valence-electron chi connectivity index (χ0n) is 8.74. The molecule has 2 heteroatoms. The van der Waals surface area contributed by atoms with E-state index in [1.165, 1.54) is 6.07 Å². The summed E-state index contributed by atoms with van der Waals surface area (Å²) < 4.78 is 13.8. The lowest BCUT2D eigenvalue weighted by Crippen LogP contribution is -2.08. The van der Waals surface area contributed by atoms with Gasteiger partial charge in [-0.25, -0.2) is 4.39 Å². The second-order valence-electron chi connectivity index (χ2n) is 4.42. The Morgan fingerprint density at radius 1 is 1.12 bits per heavy atom. The summed E-state index contributed by atoms with van der Waals surface area (Å²) in [6.07, 6.45) is 2.64. The molecule has 0 amide bonds. The largest absolute Gasteiger partial charge is 0.302 e. The zero-order valence-corrected chi connectivity index (χ0v) is 8.74. The molecule has 1 aliphatic carbocycles. The third kappa shape index (κ3) is 1.19. The van der Waals surface area contributed by atoms with Gasteiger partial charge in [-0.1, -0.05) is 30.3 Å². The minimum Gasteiger partial charge on any atom is -0.302 e. The maximum absolute atomic E-state index is 13.8. The van der Waals surface area contributed by atoms with Gasteiger partial charge in [0.1, 0.15) is 12.1 Å². The molecule has 1 aliphatic rings. The molecular weight excluding hydrogens is 203 g/mol. The van der Waals surface area contributed by atoms with Crippen molar-refractivity contribution in [3.63, 3.8) is 0 Å². The van der Waals surface area contributed by atoms with Crippen LogP contribution in [-0.2, 0) is 10.2 Å². The van der Waals surface area contributed by atoms with Gasteiger partial charge in [-0.3, -0.25) is 0 Å². The fourth-order valence-corrected chi connectivity index (χ4v) is 2.30. The molecule has 2 aromatic carbocycles. The van der Waals surface area contributed by atoms with E-state index in [1.54, 1.807) is 6.07 Å². The van der Waals surface area contributed by atoms with Crippen LogP contribution >= 0.6 is 0 Å². The van der Waals surface area contributed by atoms with E-state index in [0.717, 1.165) is 30.1 Å². The first-order valence-electron chi connectivity index (χ1n) is 5.41. The maximum atomic E-state index is 13.8. The molecule has 0 heterocycles. The van der Waals surface area contributed by atoms with Crippen LogP contribution in [0.3, 0.4) is 0 Å². The van der Waals surface area contributed by atoms with Crippen LogP contribution in [-0.4, -0.2) is 6.29 Å². The SMILES string of the molecule is O=CC1(c2cccc3cccc(F)c23)CC1. The van der Waals surface area contributed by atoms with Gasteiger partial charge in [-0.2, -0.15) is 0 Å². The minimum atomic E-state index is -0.415. The monoisotopic (exact) mass is 214 g/mol. The van der Waals surface area contributed by atoms with Crippen LogP contribution in [0.2, 0.25) is 0 Å². The Labute approximate surface area is 92.9 Å². The van der Waals surface area contributed by atoms with Crippen LogP contribution in [0, 0.1) is 5.82 Å². The van der Waals surface area contributed by atoms with E-state index in [-0.39, 0.29) is 5.82 Å². The van der Waals surface area contributed by atoms with Crippen molar-refractivity contribution in [3.8, 4) is 0 Å². The molecule has 0 radical (unpaired) electrons. The average Bonchev–Trinajstić information content (AvgIpc) is 3.10. The Hall–Kier alpha value is -1.70. The van der Waals surface area contributed by atoms with Crippen molar-refractivity contribution >= 4 is 17.1 Å². The molecule has 0 saturated heterocycles. The molecule has 3 rings (SSSR count). The van der Waals surface area contributed by atoms with Gasteiger partial charge in [0, 0.05) is 5.39 Å². The molecule has 16 heavy (non-hydrogen) atoms. The second-order valence-corrected chi connectivity index (χ2v) is 4.42. The quantitative estimate of drug-likeness (QED) is 0.701. The van der Waals surface area contributed by atoms with E-state index in [4.69, 9.17) is 0 Å². The van der Waals surface area contributed by atoms with Gasteiger partial charge in [0.05, 0.1) is 5.41 Å². The van der Waals surface area contributed by atoms with Crippen molar-refractivity contribution in [1.82, 2.24) is 0 Å². The Balaban J connectivity index is 2.37. The predicted octanol–water partition coefficient (Wildman–Crippen LogP) is 3.21. The number of benzene rings is 2.